The molecule has 1 aromatic carbocycles. The van der Waals surface area contributed by atoms with E-state index >= 15 is 0 Å². The first-order chi connectivity index (χ1) is 7.92. The van der Waals surface area contributed by atoms with E-state index in [1.165, 1.54) is 44.3 Å². The molecular weight excluding hydrogens is 196 g/mol. The van der Waals surface area contributed by atoms with E-state index in [0.717, 1.165) is 6.54 Å². The van der Waals surface area contributed by atoms with Crippen LogP contribution in [0.5, 0.6) is 0 Å². The molecule has 1 aliphatic rings. The van der Waals surface area contributed by atoms with E-state index in [2.05, 4.69) is 35.2 Å². The predicted octanol–water partition coefficient (Wildman–Crippen LogP) is 2.56. The molecule has 88 valence electrons. The first-order valence-corrected chi connectivity index (χ1v) is 6.41. The largest absolute Gasteiger partial charge is 0.329 e. The van der Waals surface area contributed by atoms with Crippen LogP contribution in [0.4, 0.5) is 0 Å². The summed E-state index contributed by atoms with van der Waals surface area (Å²) in [6.07, 6.45) is 5.40. The van der Waals surface area contributed by atoms with Crippen molar-refractivity contribution in [2.45, 2.75) is 31.7 Å². The van der Waals surface area contributed by atoms with Gasteiger partial charge in [-0.2, -0.15) is 0 Å². The highest BCUT2D eigenvalue weighted by Crippen LogP contribution is 2.22. The Morgan fingerprint density at radius 3 is 2.19 bits per heavy atom. The molecule has 0 saturated carbocycles. The minimum Gasteiger partial charge on any atom is -0.329 e. The van der Waals surface area contributed by atoms with Crippen LogP contribution in [0.2, 0.25) is 0 Å². The summed E-state index contributed by atoms with van der Waals surface area (Å²) in [7, 11) is 0. The summed E-state index contributed by atoms with van der Waals surface area (Å²) in [6.45, 7) is 3.14. The molecule has 16 heavy (non-hydrogen) atoms. The van der Waals surface area contributed by atoms with Gasteiger partial charge in [0.05, 0.1) is 0 Å². The Morgan fingerprint density at radius 2 is 1.62 bits per heavy atom. The van der Waals surface area contributed by atoms with Crippen molar-refractivity contribution < 1.29 is 0 Å². The maximum Gasteiger partial charge on any atom is 0.0470 e. The molecule has 0 bridgehead atoms. The zero-order chi connectivity index (χ0) is 11.2. The lowest BCUT2D eigenvalue weighted by Gasteiger charge is -2.30. The fourth-order valence-electron chi connectivity index (χ4n) is 2.58. The molecular formula is C14H22N2. The molecule has 2 heteroatoms. The van der Waals surface area contributed by atoms with Gasteiger partial charge < -0.3 is 5.73 Å². The van der Waals surface area contributed by atoms with Crippen LogP contribution in [0, 0.1) is 0 Å². The molecule has 0 amide bonds. The summed E-state index contributed by atoms with van der Waals surface area (Å²) in [6, 6.07) is 11.1. The third kappa shape index (κ3) is 2.83. The van der Waals surface area contributed by atoms with Crippen molar-refractivity contribution in [1.82, 2.24) is 4.90 Å². The van der Waals surface area contributed by atoms with E-state index in [0.29, 0.717) is 6.04 Å². The average Bonchev–Trinajstić information content (AvgIpc) is 2.61. The normalized spacial score (nSPS) is 20.3. The molecule has 1 heterocycles. The highest BCUT2D eigenvalue weighted by molar-refractivity contribution is 5.19. The van der Waals surface area contributed by atoms with Crippen LogP contribution >= 0.6 is 0 Å². The molecule has 0 aromatic heterocycles. The quantitative estimate of drug-likeness (QED) is 0.845. The topological polar surface area (TPSA) is 29.3 Å². The Labute approximate surface area is 98.4 Å². The van der Waals surface area contributed by atoms with Crippen LogP contribution < -0.4 is 5.73 Å². The van der Waals surface area contributed by atoms with Crippen LogP contribution in [0.15, 0.2) is 30.3 Å². The van der Waals surface area contributed by atoms with E-state index in [1.807, 2.05) is 0 Å². The van der Waals surface area contributed by atoms with Crippen LogP contribution in [0.25, 0.3) is 0 Å². The van der Waals surface area contributed by atoms with Crippen LogP contribution in [0.1, 0.15) is 37.3 Å². The number of rotatable bonds is 3. The number of nitrogens with two attached hydrogens (primary N) is 1. The Balaban J connectivity index is 2.09. The second kappa shape index (κ2) is 6.02. The van der Waals surface area contributed by atoms with Crippen LogP contribution in [0.3, 0.4) is 0 Å². The maximum atomic E-state index is 5.94. The van der Waals surface area contributed by atoms with Crippen molar-refractivity contribution in [3.63, 3.8) is 0 Å². The molecule has 2 rings (SSSR count). The van der Waals surface area contributed by atoms with Gasteiger partial charge in [0.1, 0.15) is 0 Å². The van der Waals surface area contributed by atoms with E-state index in [4.69, 9.17) is 5.73 Å². The van der Waals surface area contributed by atoms with E-state index < -0.39 is 0 Å². The highest BCUT2D eigenvalue weighted by Gasteiger charge is 2.19. The minimum absolute atomic E-state index is 0.416. The van der Waals surface area contributed by atoms with Gasteiger partial charge >= 0.3 is 0 Å². The first kappa shape index (κ1) is 11.6. The fourth-order valence-corrected chi connectivity index (χ4v) is 2.58. The molecule has 1 saturated heterocycles. The number of nitrogens with zero attached hydrogens (tertiary/aromatic N) is 1. The third-order valence-electron chi connectivity index (χ3n) is 3.49. The zero-order valence-electron chi connectivity index (χ0n) is 9.94. The van der Waals surface area contributed by atoms with Crippen molar-refractivity contribution in [1.29, 1.82) is 0 Å². The first-order valence-electron chi connectivity index (χ1n) is 6.41. The van der Waals surface area contributed by atoms with Gasteiger partial charge in [0, 0.05) is 12.6 Å². The lowest BCUT2D eigenvalue weighted by molar-refractivity contribution is 0.210. The Hall–Kier alpha value is -0.860. The van der Waals surface area contributed by atoms with E-state index in [-0.39, 0.29) is 0 Å². The summed E-state index contributed by atoms with van der Waals surface area (Å²) in [5.41, 5.74) is 7.31. The Kier molecular flexibility index (Phi) is 4.37. The van der Waals surface area contributed by atoms with Gasteiger partial charge in [-0.1, -0.05) is 43.2 Å². The molecule has 1 atom stereocenters. The molecule has 0 radical (unpaired) electrons. The fraction of sp³-hybridized carbons (Fsp3) is 0.571. The third-order valence-corrected chi connectivity index (χ3v) is 3.49. The van der Waals surface area contributed by atoms with Crippen molar-refractivity contribution in [3.8, 4) is 0 Å². The minimum atomic E-state index is 0.416. The number of likely N-dealkylation sites (tertiary alicyclic amines) is 1. The average molecular weight is 218 g/mol. The van der Waals surface area contributed by atoms with Crippen molar-refractivity contribution in [2.24, 2.45) is 5.73 Å². The second-order valence-electron chi connectivity index (χ2n) is 4.61. The van der Waals surface area contributed by atoms with E-state index in [1.54, 1.807) is 0 Å². The SMILES string of the molecule is NC[C@@H](c1ccccc1)N1CCCCCC1. The van der Waals surface area contributed by atoms with Gasteiger partial charge in [-0.25, -0.2) is 0 Å². The van der Waals surface area contributed by atoms with Crippen LogP contribution in [-0.2, 0) is 0 Å². The monoisotopic (exact) mass is 218 g/mol. The summed E-state index contributed by atoms with van der Waals surface area (Å²) in [5, 5.41) is 0. The van der Waals surface area contributed by atoms with Crippen molar-refractivity contribution in [3.05, 3.63) is 35.9 Å². The molecule has 0 unspecified atom stereocenters. The van der Waals surface area contributed by atoms with Gasteiger partial charge in [-0.3, -0.25) is 4.90 Å². The Bertz CT molecular complexity index is 289. The molecule has 1 aromatic rings. The van der Waals surface area contributed by atoms with Gasteiger partial charge in [0.15, 0.2) is 0 Å². The molecule has 1 fully saturated rings. The van der Waals surface area contributed by atoms with Gasteiger partial charge in [-0.05, 0) is 31.5 Å². The summed E-state index contributed by atoms with van der Waals surface area (Å²) in [5.74, 6) is 0. The summed E-state index contributed by atoms with van der Waals surface area (Å²) >= 11 is 0. The van der Waals surface area contributed by atoms with E-state index in [9.17, 15) is 0 Å². The predicted molar refractivity (Wildman–Crippen MR) is 68.3 cm³/mol. The maximum absolute atomic E-state index is 5.94. The molecule has 0 spiro atoms. The molecule has 2 N–H and O–H groups in total. The lowest BCUT2D eigenvalue weighted by Crippen LogP contribution is -2.34. The molecule has 2 nitrogen and oxygen atoms in total. The highest BCUT2D eigenvalue weighted by atomic mass is 15.2. The standard InChI is InChI=1S/C14H22N2/c15-12-14(13-8-4-3-5-9-13)16-10-6-1-2-7-11-16/h3-5,8-9,14H,1-2,6-7,10-12,15H2/t14-/m0/s1. The zero-order valence-corrected chi connectivity index (χ0v) is 9.94. The summed E-state index contributed by atoms with van der Waals surface area (Å²) < 4.78 is 0. The van der Waals surface area contributed by atoms with Crippen LogP contribution in [-0.4, -0.2) is 24.5 Å². The van der Waals surface area contributed by atoms with Gasteiger partial charge in [0.25, 0.3) is 0 Å². The number of hydrogen-bond acceptors (Lipinski definition) is 2. The second-order valence-corrected chi connectivity index (χ2v) is 4.61. The molecule has 1 aliphatic heterocycles. The van der Waals surface area contributed by atoms with Gasteiger partial charge in [0.2, 0.25) is 0 Å². The number of hydrogen-bond donors (Lipinski definition) is 1. The Morgan fingerprint density at radius 1 is 1.00 bits per heavy atom. The molecule has 0 aliphatic carbocycles. The van der Waals surface area contributed by atoms with Gasteiger partial charge in [-0.15, -0.1) is 0 Å². The summed E-state index contributed by atoms with van der Waals surface area (Å²) in [4.78, 5) is 2.56. The lowest BCUT2D eigenvalue weighted by atomic mass is 10.1. The smallest absolute Gasteiger partial charge is 0.0470 e. The van der Waals surface area contributed by atoms with Crippen molar-refractivity contribution in [2.75, 3.05) is 19.6 Å². The number of benzene rings is 1. The van der Waals surface area contributed by atoms with Crippen molar-refractivity contribution >= 4 is 0 Å².